The number of nitrogens with zero attached hydrogens (tertiary/aromatic N) is 1. The third kappa shape index (κ3) is 3.55. The maximum absolute atomic E-state index is 12.3. The van der Waals surface area contributed by atoms with Crippen LogP contribution in [0.1, 0.15) is 38.5 Å². The standard InChI is InChI=1S/C13H22N2O3S/c1-15(10-4-7-19-9-10)12(18)14-13(8-11(16)17)5-2-3-6-13/h10H,2-9H2,1H3,(H,14,18)(H,16,17). The molecular formula is C13H22N2O3S. The molecule has 108 valence electrons. The van der Waals surface area contributed by atoms with E-state index in [-0.39, 0.29) is 18.5 Å². The molecule has 0 aromatic rings. The van der Waals surface area contributed by atoms with Crippen LogP contribution >= 0.6 is 11.8 Å². The summed E-state index contributed by atoms with van der Waals surface area (Å²) in [5.41, 5.74) is -0.525. The number of urea groups is 1. The van der Waals surface area contributed by atoms with Gasteiger partial charge in [0, 0.05) is 18.8 Å². The smallest absolute Gasteiger partial charge is 0.317 e. The first kappa shape index (κ1) is 14.5. The van der Waals surface area contributed by atoms with Crippen molar-refractivity contribution in [1.82, 2.24) is 10.2 Å². The van der Waals surface area contributed by atoms with Crippen molar-refractivity contribution in [3.05, 3.63) is 0 Å². The second kappa shape index (κ2) is 6.03. The van der Waals surface area contributed by atoms with Gasteiger partial charge in [0.05, 0.1) is 12.0 Å². The van der Waals surface area contributed by atoms with Crippen molar-refractivity contribution in [3.63, 3.8) is 0 Å². The molecule has 0 spiro atoms. The fourth-order valence-corrected chi connectivity index (χ4v) is 4.26. The van der Waals surface area contributed by atoms with Crippen molar-refractivity contribution in [2.24, 2.45) is 0 Å². The minimum absolute atomic E-state index is 0.0337. The van der Waals surface area contributed by atoms with Gasteiger partial charge in [-0.1, -0.05) is 12.8 Å². The number of hydrogen-bond donors (Lipinski definition) is 2. The highest BCUT2D eigenvalue weighted by atomic mass is 32.2. The zero-order valence-electron chi connectivity index (χ0n) is 11.4. The Kier molecular flexibility index (Phi) is 4.60. The Morgan fingerprint density at radius 3 is 2.63 bits per heavy atom. The fraction of sp³-hybridized carbons (Fsp3) is 0.846. The topological polar surface area (TPSA) is 69.6 Å². The lowest BCUT2D eigenvalue weighted by atomic mass is 9.93. The van der Waals surface area contributed by atoms with E-state index in [1.165, 1.54) is 0 Å². The summed E-state index contributed by atoms with van der Waals surface area (Å²) in [7, 11) is 1.81. The summed E-state index contributed by atoms with van der Waals surface area (Å²) in [6, 6.07) is 0.170. The van der Waals surface area contributed by atoms with E-state index in [0.717, 1.165) is 43.6 Å². The van der Waals surface area contributed by atoms with Crippen LogP contribution in [-0.2, 0) is 4.79 Å². The van der Waals surface area contributed by atoms with Gasteiger partial charge in [-0.25, -0.2) is 4.79 Å². The summed E-state index contributed by atoms with van der Waals surface area (Å²) in [4.78, 5) is 25.0. The molecule has 0 aromatic heterocycles. The van der Waals surface area contributed by atoms with Crippen LogP contribution in [0, 0.1) is 0 Å². The largest absolute Gasteiger partial charge is 0.481 e. The van der Waals surface area contributed by atoms with Crippen molar-refractivity contribution < 1.29 is 14.7 Å². The number of carboxylic acids is 1. The molecule has 0 radical (unpaired) electrons. The zero-order chi connectivity index (χ0) is 13.9. The molecule has 0 aromatic carbocycles. The van der Waals surface area contributed by atoms with Crippen LogP contribution in [0.25, 0.3) is 0 Å². The fourth-order valence-electron chi connectivity index (χ4n) is 3.00. The number of hydrogen-bond acceptors (Lipinski definition) is 3. The van der Waals surface area contributed by atoms with E-state index in [1.807, 2.05) is 18.8 Å². The van der Waals surface area contributed by atoms with Gasteiger partial charge in [-0.05, 0) is 25.0 Å². The Hall–Kier alpha value is -0.910. The average molecular weight is 286 g/mol. The van der Waals surface area contributed by atoms with Gasteiger partial charge in [-0.3, -0.25) is 4.79 Å². The summed E-state index contributed by atoms with van der Waals surface area (Å²) < 4.78 is 0. The Balaban J connectivity index is 1.96. The minimum Gasteiger partial charge on any atom is -0.481 e. The van der Waals surface area contributed by atoms with Gasteiger partial charge in [0.25, 0.3) is 0 Å². The summed E-state index contributed by atoms with van der Waals surface area (Å²) in [6.45, 7) is 0. The SMILES string of the molecule is CN(C(=O)NC1(CC(=O)O)CCCC1)C1CCSC1. The van der Waals surface area contributed by atoms with Crippen LogP contribution in [0.15, 0.2) is 0 Å². The van der Waals surface area contributed by atoms with E-state index in [9.17, 15) is 9.59 Å². The Morgan fingerprint density at radius 2 is 2.11 bits per heavy atom. The van der Waals surface area contributed by atoms with Gasteiger partial charge >= 0.3 is 12.0 Å². The third-order valence-corrected chi connectivity index (χ3v) is 5.34. The van der Waals surface area contributed by atoms with Crippen LogP contribution in [-0.4, -0.2) is 52.1 Å². The molecule has 1 atom stereocenters. The highest BCUT2D eigenvalue weighted by molar-refractivity contribution is 7.99. The summed E-state index contributed by atoms with van der Waals surface area (Å²) in [5, 5.41) is 12.0. The maximum atomic E-state index is 12.3. The first-order valence-electron chi connectivity index (χ1n) is 6.87. The molecule has 2 amide bonds. The number of carboxylic acid groups (broad SMARTS) is 1. The van der Waals surface area contributed by atoms with Crippen molar-refractivity contribution in [1.29, 1.82) is 0 Å². The molecule has 1 unspecified atom stereocenters. The number of rotatable bonds is 4. The van der Waals surface area contributed by atoms with Crippen molar-refractivity contribution in [2.75, 3.05) is 18.6 Å². The molecule has 6 heteroatoms. The lowest BCUT2D eigenvalue weighted by Crippen LogP contribution is -2.54. The number of carbonyl (C=O) groups excluding carboxylic acids is 1. The monoisotopic (exact) mass is 286 g/mol. The normalized spacial score (nSPS) is 25.2. The number of thioether (sulfide) groups is 1. The number of nitrogens with one attached hydrogen (secondary N) is 1. The Morgan fingerprint density at radius 1 is 1.42 bits per heavy atom. The van der Waals surface area contributed by atoms with Crippen molar-refractivity contribution in [3.8, 4) is 0 Å². The van der Waals surface area contributed by atoms with E-state index in [0.29, 0.717) is 0 Å². The van der Waals surface area contributed by atoms with Gasteiger partial charge in [-0.2, -0.15) is 11.8 Å². The molecule has 1 saturated carbocycles. The minimum atomic E-state index is -0.832. The highest BCUT2D eigenvalue weighted by Gasteiger charge is 2.38. The van der Waals surface area contributed by atoms with Crippen molar-refractivity contribution in [2.45, 2.75) is 50.1 Å². The van der Waals surface area contributed by atoms with E-state index < -0.39 is 11.5 Å². The van der Waals surface area contributed by atoms with Gasteiger partial charge in [0.2, 0.25) is 0 Å². The van der Waals surface area contributed by atoms with Crippen LogP contribution in [0.4, 0.5) is 4.79 Å². The third-order valence-electron chi connectivity index (χ3n) is 4.20. The molecule has 1 heterocycles. The lowest BCUT2D eigenvalue weighted by molar-refractivity contribution is -0.138. The summed E-state index contributed by atoms with van der Waals surface area (Å²) in [6.07, 6.45) is 4.61. The molecule has 0 bridgehead atoms. The van der Waals surface area contributed by atoms with Gasteiger partial charge in [0.1, 0.15) is 0 Å². The Bertz CT molecular complexity index is 350. The van der Waals surface area contributed by atoms with E-state index in [1.54, 1.807) is 4.90 Å². The van der Waals surface area contributed by atoms with Crippen LogP contribution < -0.4 is 5.32 Å². The summed E-state index contributed by atoms with van der Waals surface area (Å²) in [5.74, 6) is 1.25. The van der Waals surface area contributed by atoms with E-state index >= 15 is 0 Å². The van der Waals surface area contributed by atoms with E-state index in [4.69, 9.17) is 5.11 Å². The van der Waals surface area contributed by atoms with E-state index in [2.05, 4.69) is 5.32 Å². The predicted molar refractivity (Wildman–Crippen MR) is 75.5 cm³/mol. The quantitative estimate of drug-likeness (QED) is 0.828. The molecule has 1 saturated heterocycles. The predicted octanol–water partition coefficient (Wildman–Crippen LogP) is 1.92. The molecule has 2 aliphatic rings. The Labute approximate surface area is 118 Å². The van der Waals surface area contributed by atoms with Crippen LogP contribution in [0.3, 0.4) is 0 Å². The molecule has 2 rings (SSSR count). The zero-order valence-corrected chi connectivity index (χ0v) is 12.2. The molecule has 2 N–H and O–H groups in total. The van der Waals surface area contributed by atoms with Crippen LogP contribution in [0.5, 0.6) is 0 Å². The van der Waals surface area contributed by atoms with Gasteiger partial charge in [0.15, 0.2) is 0 Å². The lowest BCUT2D eigenvalue weighted by Gasteiger charge is -2.33. The number of aliphatic carboxylic acids is 1. The average Bonchev–Trinajstić information content (AvgIpc) is 2.98. The van der Waals surface area contributed by atoms with Gasteiger partial charge in [-0.15, -0.1) is 0 Å². The number of carbonyl (C=O) groups is 2. The number of amides is 2. The maximum Gasteiger partial charge on any atom is 0.317 e. The first-order chi connectivity index (χ1) is 9.02. The van der Waals surface area contributed by atoms with Crippen LogP contribution in [0.2, 0.25) is 0 Å². The molecule has 2 fully saturated rings. The highest BCUT2D eigenvalue weighted by Crippen LogP contribution is 2.33. The second-order valence-electron chi connectivity index (χ2n) is 5.62. The molecular weight excluding hydrogens is 264 g/mol. The summed E-state index contributed by atoms with van der Waals surface area (Å²) >= 11 is 1.86. The first-order valence-corrected chi connectivity index (χ1v) is 8.02. The van der Waals surface area contributed by atoms with Crippen molar-refractivity contribution >= 4 is 23.8 Å². The van der Waals surface area contributed by atoms with Gasteiger partial charge < -0.3 is 15.3 Å². The molecule has 1 aliphatic carbocycles. The second-order valence-corrected chi connectivity index (χ2v) is 6.77. The molecule has 1 aliphatic heterocycles. The molecule has 19 heavy (non-hydrogen) atoms. The molecule has 5 nitrogen and oxygen atoms in total.